The van der Waals surface area contributed by atoms with E-state index in [9.17, 15) is 9.90 Å². The molecule has 0 aliphatic carbocycles. The summed E-state index contributed by atoms with van der Waals surface area (Å²) in [6, 6.07) is 0.0247. The van der Waals surface area contributed by atoms with E-state index >= 15 is 0 Å². The molecule has 1 saturated heterocycles. The lowest BCUT2D eigenvalue weighted by atomic mass is 9.94. The highest BCUT2D eigenvalue weighted by Crippen LogP contribution is 2.25. The van der Waals surface area contributed by atoms with E-state index in [1.165, 1.54) is 0 Å². The van der Waals surface area contributed by atoms with Crippen LogP contribution in [0.2, 0.25) is 0 Å². The zero-order chi connectivity index (χ0) is 11.6. The van der Waals surface area contributed by atoms with Crippen LogP contribution in [0.1, 0.15) is 27.2 Å². The summed E-state index contributed by atoms with van der Waals surface area (Å²) in [6.45, 7) is 6.61. The molecule has 0 spiro atoms. The molecule has 1 aliphatic heterocycles. The molecular formula is C11H21NO3. The Morgan fingerprint density at radius 1 is 1.53 bits per heavy atom. The number of β-amino-alcohol motifs (C(OH)–C–C–N with tert-alkyl or cyclic N) is 1. The van der Waals surface area contributed by atoms with Gasteiger partial charge in [-0.15, -0.1) is 0 Å². The van der Waals surface area contributed by atoms with Crippen LogP contribution in [-0.4, -0.2) is 48.3 Å². The fourth-order valence-electron chi connectivity index (χ4n) is 1.92. The average molecular weight is 215 g/mol. The molecule has 1 rings (SSSR count). The molecule has 0 bridgehead atoms. The minimum atomic E-state index is -0.406. The number of methoxy groups -OCH3 is 1. The number of hydrogen-bond donors (Lipinski definition) is 1. The summed E-state index contributed by atoms with van der Waals surface area (Å²) in [5.74, 6) is 0.0844. The lowest BCUT2D eigenvalue weighted by Gasteiger charge is -2.30. The summed E-state index contributed by atoms with van der Waals surface area (Å²) in [4.78, 5) is 13.8. The summed E-state index contributed by atoms with van der Waals surface area (Å²) >= 11 is 0. The SMILES string of the molecule is COCC1CC(O)CN1C(=O)C(C)(C)C. The van der Waals surface area contributed by atoms with Gasteiger partial charge >= 0.3 is 0 Å². The first-order valence-corrected chi connectivity index (χ1v) is 5.34. The number of carbonyl (C=O) groups excluding carboxylic acids is 1. The Morgan fingerprint density at radius 3 is 2.60 bits per heavy atom. The first-order chi connectivity index (χ1) is 6.86. The van der Waals surface area contributed by atoms with Gasteiger partial charge in [-0.3, -0.25) is 4.79 Å². The van der Waals surface area contributed by atoms with Crippen molar-refractivity contribution in [3.63, 3.8) is 0 Å². The van der Waals surface area contributed by atoms with E-state index in [1.54, 1.807) is 12.0 Å². The number of likely N-dealkylation sites (tertiary alicyclic amines) is 1. The maximum absolute atomic E-state index is 12.1. The van der Waals surface area contributed by atoms with Gasteiger partial charge in [0.25, 0.3) is 0 Å². The standard InChI is InChI=1S/C11H21NO3/c1-11(2,3)10(14)12-6-9(13)5-8(12)7-15-4/h8-9,13H,5-7H2,1-4H3. The highest BCUT2D eigenvalue weighted by Gasteiger charge is 2.38. The van der Waals surface area contributed by atoms with Gasteiger partial charge in [0.05, 0.1) is 18.8 Å². The topological polar surface area (TPSA) is 49.8 Å². The molecule has 0 aromatic heterocycles. The van der Waals surface area contributed by atoms with Crippen molar-refractivity contribution in [2.45, 2.75) is 39.3 Å². The predicted octanol–water partition coefficient (Wildman–Crippen LogP) is 0.641. The second-order valence-corrected chi connectivity index (χ2v) is 5.21. The van der Waals surface area contributed by atoms with Gasteiger partial charge in [0, 0.05) is 19.1 Å². The van der Waals surface area contributed by atoms with Gasteiger partial charge in [-0.1, -0.05) is 20.8 Å². The predicted molar refractivity (Wildman–Crippen MR) is 57.5 cm³/mol. The molecule has 0 aromatic rings. The van der Waals surface area contributed by atoms with Crippen LogP contribution in [0.15, 0.2) is 0 Å². The van der Waals surface area contributed by atoms with Crippen LogP contribution >= 0.6 is 0 Å². The van der Waals surface area contributed by atoms with Gasteiger partial charge in [-0.05, 0) is 6.42 Å². The van der Waals surface area contributed by atoms with Crippen LogP contribution in [0, 0.1) is 5.41 Å². The van der Waals surface area contributed by atoms with Crippen molar-refractivity contribution in [1.82, 2.24) is 4.90 Å². The molecule has 2 atom stereocenters. The van der Waals surface area contributed by atoms with Crippen molar-refractivity contribution in [2.24, 2.45) is 5.41 Å². The summed E-state index contributed by atoms with van der Waals surface area (Å²) in [6.07, 6.45) is 0.215. The normalized spacial score (nSPS) is 27.1. The number of aliphatic hydroxyl groups excluding tert-OH is 1. The third-order valence-corrected chi connectivity index (χ3v) is 2.65. The van der Waals surface area contributed by atoms with E-state index in [0.717, 1.165) is 0 Å². The number of ether oxygens (including phenoxy) is 1. The molecule has 2 unspecified atom stereocenters. The minimum absolute atomic E-state index is 0.0247. The summed E-state index contributed by atoms with van der Waals surface area (Å²) in [5, 5.41) is 9.56. The lowest BCUT2D eigenvalue weighted by molar-refractivity contribution is -0.141. The number of aliphatic hydroxyl groups is 1. The Labute approximate surface area is 91.2 Å². The molecule has 1 fully saturated rings. The maximum atomic E-state index is 12.1. The third kappa shape index (κ3) is 2.92. The van der Waals surface area contributed by atoms with Crippen molar-refractivity contribution in [3.05, 3.63) is 0 Å². The number of carbonyl (C=O) groups is 1. The van der Waals surface area contributed by atoms with Gasteiger partial charge in [-0.25, -0.2) is 0 Å². The number of rotatable bonds is 2. The smallest absolute Gasteiger partial charge is 0.228 e. The largest absolute Gasteiger partial charge is 0.391 e. The van der Waals surface area contributed by atoms with Crippen LogP contribution < -0.4 is 0 Å². The zero-order valence-corrected chi connectivity index (χ0v) is 9.99. The van der Waals surface area contributed by atoms with Crippen molar-refractivity contribution in [2.75, 3.05) is 20.3 Å². The first-order valence-electron chi connectivity index (χ1n) is 5.34. The van der Waals surface area contributed by atoms with Crippen molar-refractivity contribution in [1.29, 1.82) is 0 Å². The number of nitrogens with zero attached hydrogens (tertiary/aromatic N) is 1. The second kappa shape index (κ2) is 4.49. The van der Waals surface area contributed by atoms with Gasteiger partial charge in [0.15, 0.2) is 0 Å². The fraction of sp³-hybridized carbons (Fsp3) is 0.909. The highest BCUT2D eigenvalue weighted by molar-refractivity contribution is 5.82. The van der Waals surface area contributed by atoms with Gasteiger partial charge < -0.3 is 14.7 Å². The Bertz CT molecular complexity index is 234. The molecule has 1 heterocycles. The first kappa shape index (κ1) is 12.5. The maximum Gasteiger partial charge on any atom is 0.228 e. The van der Waals surface area contributed by atoms with Crippen LogP contribution in [0.3, 0.4) is 0 Å². The van der Waals surface area contributed by atoms with E-state index in [0.29, 0.717) is 19.6 Å². The minimum Gasteiger partial charge on any atom is -0.391 e. The van der Waals surface area contributed by atoms with Crippen LogP contribution in [-0.2, 0) is 9.53 Å². The average Bonchev–Trinajstić information content (AvgIpc) is 2.44. The Morgan fingerprint density at radius 2 is 2.13 bits per heavy atom. The molecular weight excluding hydrogens is 194 g/mol. The third-order valence-electron chi connectivity index (χ3n) is 2.65. The van der Waals surface area contributed by atoms with Crippen LogP contribution in [0.5, 0.6) is 0 Å². The molecule has 0 aromatic carbocycles. The molecule has 4 nitrogen and oxygen atoms in total. The molecule has 88 valence electrons. The van der Waals surface area contributed by atoms with E-state index in [-0.39, 0.29) is 11.9 Å². The summed E-state index contributed by atoms with van der Waals surface area (Å²) < 4.78 is 5.06. The fourth-order valence-corrected chi connectivity index (χ4v) is 1.92. The van der Waals surface area contributed by atoms with E-state index in [4.69, 9.17) is 4.74 Å². The van der Waals surface area contributed by atoms with Crippen LogP contribution in [0.4, 0.5) is 0 Å². The molecule has 1 N–H and O–H groups in total. The van der Waals surface area contributed by atoms with Gasteiger partial charge in [-0.2, -0.15) is 0 Å². The number of amides is 1. The quantitative estimate of drug-likeness (QED) is 0.735. The van der Waals surface area contributed by atoms with Gasteiger partial charge in [0.1, 0.15) is 0 Å². The molecule has 15 heavy (non-hydrogen) atoms. The van der Waals surface area contributed by atoms with Crippen molar-refractivity contribution < 1.29 is 14.6 Å². The van der Waals surface area contributed by atoms with Crippen LogP contribution in [0.25, 0.3) is 0 Å². The van der Waals surface area contributed by atoms with Crippen molar-refractivity contribution in [3.8, 4) is 0 Å². The molecule has 0 radical (unpaired) electrons. The van der Waals surface area contributed by atoms with Crippen molar-refractivity contribution >= 4 is 5.91 Å². The zero-order valence-electron chi connectivity index (χ0n) is 9.99. The second-order valence-electron chi connectivity index (χ2n) is 5.21. The number of hydrogen-bond acceptors (Lipinski definition) is 3. The van der Waals surface area contributed by atoms with Gasteiger partial charge in [0.2, 0.25) is 5.91 Å². The molecule has 4 heteroatoms. The summed E-state index contributed by atoms with van der Waals surface area (Å²) in [7, 11) is 1.62. The molecule has 1 amide bonds. The molecule has 1 aliphatic rings. The van der Waals surface area contributed by atoms with E-state index in [2.05, 4.69) is 0 Å². The Kier molecular flexibility index (Phi) is 3.73. The molecule has 0 saturated carbocycles. The highest BCUT2D eigenvalue weighted by atomic mass is 16.5. The summed E-state index contributed by atoms with van der Waals surface area (Å²) in [5.41, 5.74) is -0.393. The van der Waals surface area contributed by atoms with E-state index < -0.39 is 11.5 Å². The Balaban J connectivity index is 2.71. The monoisotopic (exact) mass is 215 g/mol. The lowest BCUT2D eigenvalue weighted by Crippen LogP contribution is -2.44. The van der Waals surface area contributed by atoms with E-state index in [1.807, 2.05) is 20.8 Å². The Hall–Kier alpha value is -0.610.